The van der Waals surface area contributed by atoms with Gasteiger partial charge in [0.25, 0.3) is 0 Å². The average molecular weight is 239 g/mol. The molecule has 17 heavy (non-hydrogen) atoms. The molecule has 0 aromatic heterocycles. The minimum absolute atomic E-state index is 0.403. The minimum atomic E-state index is -1.21. The highest BCUT2D eigenvalue weighted by Crippen LogP contribution is 2.01. The van der Waals surface area contributed by atoms with Gasteiger partial charge in [0, 0.05) is 0 Å². The van der Waals surface area contributed by atoms with Crippen LogP contribution >= 0.6 is 0 Å². The van der Waals surface area contributed by atoms with E-state index in [2.05, 4.69) is 0 Å². The van der Waals surface area contributed by atoms with Crippen molar-refractivity contribution in [3.63, 3.8) is 0 Å². The highest BCUT2D eigenvalue weighted by atomic mass is 16.5. The number of aliphatic hydroxyl groups excluding tert-OH is 3. The van der Waals surface area contributed by atoms with Crippen molar-refractivity contribution in [2.75, 3.05) is 26.9 Å². The van der Waals surface area contributed by atoms with Gasteiger partial charge in [0.15, 0.2) is 0 Å². The Morgan fingerprint density at radius 3 is 1.88 bits per heavy atom. The van der Waals surface area contributed by atoms with Gasteiger partial charge < -0.3 is 25.8 Å². The number of para-hydroxylation sites is 1. The number of rotatable bonds is 4. The number of ether oxygens (including phenoxy) is 1. The summed E-state index contributed by atoms with van der Waals surface area (Å²) in [6.07, 6.45) is 0. The molecule has 1 aromatic rings. The smallest absolute Gasteiger partial charge is 0.119 e. The van der Waals surface area contributed by atoms with Gasteiger partial charge in [0.2, 0.25) is 0 Å². The molecule has 2 radical (unpaired) electrons. The molecule has 0 fully saturated rings. The summed E-state index contributed by atoms with van der Waals surface area (Å²) in [7, 11) is 7.11. The predicted molar refractivity (Wildman–Crippen MR) is 66.6 cm³/mol. The maximum Gasteiger partial charge on any atom is 0.119 e. The van der Waals surface area contributed by atoms with Crippen molar-refractivity contribution in [2.45, 2.75) is 5.54 Å². The number of hydrogen-bond donors (Lipinski definition) is 4. The molecule has 5 nitrogen and oxygen atoms in total. The van der Waals surface area contributed by atoms with Gasteiger partial charge in [0.1, 0.15) is 13.6 Å². The lowest BCUT2D eigenvalue weighted by atomic mass is 9.95. The molecular weight excluding hydrogens is 221 g/mol. The summed E-state index contributed by atoms with van der Waals surface area (Å²) in [5.41, 5.74) is 4.62. The third-order valence-electron chi connectivity index (χ3n) is 2.08. The number of methoxy groups -OCH3 is 1. The van der Waals surface area contributed by atoms with Crippen LogP contribution in [0.2, 0.25) is 0 Å². The van der Waals surface area contributed by atoms with Crippen LogP contribution in [-0.4, -0.2) is 55.6 Å². The van der Waals surface area contributed by atoms with Gasteiger partial charge in [-0.25, -0.2) is 0 Å². The molecule has 0 saturated heterocycles. The fourth-order valence-corrected chi connectivity index (χ4v) is 0.816. The van der Waals surface area contributed by atoms with Gasteiger partial charge in [-0.1, -0.05) is 23.7 Å². The number of nitrogens with two attached hydrogens (primary N) is 1. The molecule has 0 unspecified atom stereocenters. The van der Waals surface area contributed by atoms with Crippen LogP contribution in [-0.2, 0) is 0 Å². The summed E-state index contributed by atoms with van der Waals surface area (Å²) in [4.78, 5) is 0. The SMILES string of the molecule is NC(CO)(CO)CO.[B]c1ccccc1OC. The molecule has 0 aliphatic heterocycles. The highest BCUT2D eigenvalue weighted by molar-refractivity contribution is 6.34. The first kappa shape index (κ1) is 15.9. The molecule has 0 heterocycles. The molecule has 0 amide bonds. The molecule has 6 heteroatoms. The Hall–Kier alpha value is -1.08. The molecule has 1 aromatic carbocycles. The van der Waals surface area contributed by atoms with Crippen molar-refractivity contribution in [2.24, 2.45) is 5.73 Å². The van der Waals surface area contributed by atoms with E-state index in [1.165, 1.54) is 0 Å². The maximum atomic E-state index is 8.34. The zero-order valence-corrected chi connectivity index (χ0v) is 9.84. The molecule has 1 rings (SSSR count). The summed E-state index contributed by atoms with van der Waals surface area (Å²) in [6.45, 7) is -1.21. The molecule has 0 saturated carbocycles. The van der Waals surface area contributed by atoms with Crippen LogP contribution in [0.25, 0.3) is 0 Å². The molecule has 0 spiro atoms. The van der Waals surface area contributed by atoms with E-state index in [0.717, 1.165) is 5.75 Å². The van der Waals surface area contributed by atoms with Crippen LogP contribution in [0.4, 0.5) is 0 Å². The van der Waals surface area contributed by atoms with Crippen LogP contribution < -0.4 is 15.9 Å². The predicted octanol–water partition coefficient (Wildman–Crippen LogP) is -1.85. The molecule has 0 aliphatic carbocycles. The Balaban J connectivity index is 0.000000304. The van der Waals surface area contributed by atoms with E-state index in [9.17, 15) is 0 Å². The second-order valence-electron chi connectivity index (χ2n) is 3.58. The van der Waals surface area contributed by atoms with E-state index in [1.807, 2.05) is 18.2 Å². The zero-order valence-electron chi connectivity index (χ0n) is 9.84. The monoisotopic (exact) mass is 239 g/mol. The first-order chi connectivity index (χ1) is 8.02. The van der Waals surface area contributed by atoms with E-state index < -0.39 is 25.4 Å². The Morgan fingerprint density at radius 2 is 1.65 bits per heavy atom. The lowest BCUT2D eigenvalue weighted by Crippen LogP contribution is -2.50. The van der Waals surface area contributed by atoms with E-state index in [4.69, 9.17) is 33.6 Å². The van der Waals surface area contributed by atoms with Gasteiger partial charge >= 0.3 is 0 Å². The molecule has 0 atom stereocenters. The first-order valence-electron chi connectivity index (χ1n) is 5.03. The molecule has 0 bridgehead atoms. The van der Waals surface area contributed by atoms with Gasteiger partial charge in [-0.2, -0.15) is 0 Å². The van der Waals surface area contributed by atoms with E-state index in [-0.39, 0.29) is 0 Å². The molecular formula is C11H18BNO4. The third kappa shape index (κ3) is 5.69. The largest absolute Gasteiger partial charge is 0.497 e. The minimum Gasteiger partial charge on any atom is -0.497 e. The van der Waals surface area contributed by atoms with Crippen LogP contribution in [0.3, 0.4) is 0 Å². The van der Waals surface area contributed by atoms with Gasteiger partial charge in [-0.3, -0.25) is 0 Å². The quantitative estimate of drug-likeness (QED) is 0.462. The summed E-state index contributed by atoms with van der Waals surface area (Å²) >= 11 is 0. The third-order valence-corrected chi connectivity index (χ3v) is 2.08. The second kappa shape index (κ2) is 8.08. The van der Waals surface area contributed by atoms with E-state index in [0.29, 0.717) is 5.46 Å². The maximum absolute atomic E-state index is 8.34. The fourth-order valence-electron chi connectivity index (χ4n) is 0.816. The summed E-state index contributed by atoms with van der Waals surface area (Å²) in [5, 5.41) is 25.0. The topological polar surface area (TPSA) is 95.9 Å². The molecule has 0 aliphatic rings. The van der Waals surface area contributed by atoms with Crippen molar-refractivity contribution in [3.8, 4) is 5.75 Å². The zero-order chi connectivity index (χ0) is 13.3. The van der Waals surface area contributed by atoms with Crippen molar-refractivity contribution in [1.82, 2.24) is 0 Å². The Bertz CT molecular complexity index is 310. The lowest BCUT2D eigenvalue weighted by Gasteiger charge is -2.20. The Labute approximate surface area is 102 Å². The highest BCUT2D eigenvalue weighted by Gasteiger charge is 2.20. The van der Waals surface area contributed by atoms with E-state index >= 15 is 0 Å². The molecule has 94 valence electrons. The van der Waals surface area contributed by atoms with Crippen molar-refractivity contribution in [1.29, 1.82) is 0 Å². The Morgan fingerprint density at radius 1 is 1.18 bits per heavy atom. The van der Waals surface area contributed by atoms with Crippen LogP contribution in [0, 0.1) is 0 Å². The molecule has 5 N–H and O–H groups in total. The van der Waals surface area contributed by atoms with Crippen molar-refractivity contribution in [3.05, 3.63) is 24.3 Å². The van der Waals surface area contributed by atoms with Gasteiger partial charge in [0.05, 0.1) is 32.5 Å². The van der Waals surface area contributed by atoms with Crippen LogP contribution in [0.15, 0.2) is 24.3 Å². The first-order valence-corrected chi connectivity index (χ1v) is 5.03. The standard InChI is InChI=1S/C7H7BO.C4H11NO3/c1-9-7-5-3-2-4-6(7)8;5-4(1-6,2-7)3-8/h2-5H,1H3;6-8H,1-3,5H2. The number of benzene rings is 1. The number of aliphatic hydroxyl groups is 3. The fraction of sp³-hybridized carbons (Fsp3) is 0.455. The summed E-state index contributed by atoms with van der Waals surface area (Å²) in [5.74, 6) is 0.734. The van der Waals surface area contributed by atoms with Gasteiger partial charge in [-0.05, 0) is 6.07 Å². The van der Waals surface area contributed by atoms with Crippen molar-refractivity contribution >= 4 is 13.3 Å². The van der Waals surface area contributed by atoms with Gasteiger partial charge in [-0.15, -0.1) is 0 Å². The van der Waals surface area contributed by atoms with Crippen LogP contribution in [0.5, 0.6) is 5.75 Å². The summed E-state index contributed by atoms with van der Waals surface area (Å²) in [6, 6.07) is 7.39. The summed E-state index contributed by atoms with van der Waals surface area (Å²) < 4.78 is 4.92. The van der Waals surface area contributed by atoms with Crippen LogP contribution in [0.1, 0.15) is 0 Å². The normalized spacial score (nSPS) is 10.4. The average Bonchev–Trinajstić information content (AvgIpc) is 2.39. The second-order valence-corrected chi connectivity index (χ2v) is 3.58. The Kier molecular flexibility index (Phi) is 7.57. The van der Waals surface area contributed by atoms with Crippen molar-refractivity contribution < 1.29 is 20.1 Å². The van der Waals surface area contributed by atoms with E-state index in [1.54, 1.807) is 13.2 Å². The number of hydrogen-bond acceptors (Lipinski definition) is 5. The lowest BCUT2D eigenvalue weighted by molar-refractivity contribution is 0.0698.